The third-order valence-electron chi connectivity index (χ3n) is 2.99. The molecule has 0 bridgehead atoms. The van der Waals surface area contributed by atoms with E-state index in [0.717, 1.165) is 0 Å². The number of aliphatic hydroxyl groups is 1. The van der Waals surface area contributed by atoms with Crippen molar-refractivity contribution in [2.75, 3.05) is 13.7 Å². The molecule has 0 aliphatic rings. The lowest BCUT2D eigenvalue weighted by Crippen LogP contribution is -2.28. The molecule has 0 spiro atoms. The molecule has 2 N–H and O–H groups in total. The van der Waals surface area contributed by atoms with Gasteiger partial charge in [0.25, 0.3) is 5.91 Å². The Labute approximate surface area is 118 Å². The normalized spacial score (nSPS) is 11.7. The number of methoxy groups -OCH3 is 1. The number of hydrogen-bond acceptors (Lipinski definition) is 3. The zero-order valence-corrected chi connectivity index (χ0v) is 11.2. The van der Waals surface area contributed by atoms with Gasteiger partial charge in [-0.15, -0.1) is 0 Å². The molecule has 1 amide bonds. The van der Waals surface area contributed by atoms with E-state index in [-0.39, 0.29) is 12.5 Å². The van der Waals surface area contributed by atoms with Crippen LogP contribution in [0.15, 0.2) is 54.6 Å². The Hall–Kier alpha value is -2.33. The molecule has 2 aromatic carbocycles. The molecule has 0 unspecified atom stereocenters. The van der Waals surface area contributed by atoms with Gasteiger partial charge in [0, 0.05) is 17.7 Å². The van der Waals surface area contributed by atoms with Crippen LogP contribution in [0.1, 0.15) is 22.0 Å². The molecule has 4 nitrogen and oxygen atoms in total. The summed E-state index contributed by atoms with van der Waals surface area (Å²) in [6.07, 6.45) is -0.807. The minimum atomic E-state index is -0.807. The van der Waals surface area contributed by atoms with E-state index in [1.165, 1.54) is 0 Å². The monoisotopic (exact) mass is 271 g/mol. The molecule has 0 radical (unpaired) electrons. The van der Waals surface area contributed by atoms with Gasteiger partial charge in [-0.3, -0.25) is 4.79 Å². The van der Waals surface area contributed by atoms with Gasteiger partial charge in [-0.25, -0.2) is 0 Å². The van der Waals surface area contributed by atoms with E-state index in [1.54, 1.807) is 43.5 Å². The highest BCUT2D eigenvalue weighted by Gasteiger charge is 2.14. The van der Waals surface area contributed by atoms with Crippen LogP contribution < -0.4 is 10.1 Å². The van der Waals surface area contributed by atoms with Gasteiger partial charge in [0.05, 0.1) is 13.2 Å². The molecule has 0 heterocycles. The standard InChI is InChI=1S/C16H17NO3/c1-20-15-10-6-5-9-13(15)14(18)11-17-16(19)12-7-3-2-4-8-12/h2-10,14,18H,11H2,1H3,(H,17,19)/t14-/m1/s1. The molecule has 0 aliphatic carbocycles. The Morgan fingerprint density at radius 2 is 1.80 bits per heavy atom. The molecule has 0 aliphatic heterocycles. The van der Waals surface area contributed by atoms with Gasteiger partial charge in [0.2, 0.25) is 0 Å². The molecule has 20 heavy (non-hydrogen) atoms. The summed E-state index contributed by atoms with van der Waals surface area (Å²) in [6, 6.07) is 16.1. The van der Waals surface area contributed by atoms with Crippen LogP contribution in [0.5, 0.6) is 5.75 Å². The average Bonchev–Trinajstić information content (AvgIpc) is 2.53. The summed E-state index contributed by atoms with van der Waals surface area (Å²) in [6.45, 7) is 0.133. The van der Waals surface area contributed by atoms with Crippen molar-refractivity contribution in [3.05, 3.63) is 65.7 Å². The molecule has 0 saturated heterocycles. The van der Waals surface area contributed by atoms with Crippen LogP contribution in [-0.4, -0.2) is 24.7 Å². The summed E-state index contributed by atoms with van der Waals surface area (Å²) in [7, 11) is 1.55. The molecule has 0 saturated carbocycles. The van der Waals surface area contributed by atoms with E-state index in [1.807, 2.05) is 18.2 Å². The second-order valence-electron chi connectivity index (χ2n) is 4.33. The highest BCUT2D eigenvalue weighted by molar-refractivity contribution is 5.94. The van der Waals surface area contributed by atoms with Crippen molar-refractivity contribution in [2.24, 2.45) is 0 Å². The van der Waals surface area contributed by atoms with E-state index >= 15 is 0 Å². The van der Waals surface area contributed by atoms with Crippen LogP contribution in [0.4, 0.5) is 0 Å². The lowest BCUT2D eigenvalue weighted by molar-refractivity contribution is 0.0914. The Morgan fingerprint density at radius 1 is 1.15 bits per heavy atom. The van der Waals surface area contributed by atoms with E-state index in [9.17, 15) is 9.90 Å². The Bertz CT molecular complexity index is 569. The van der Waals surface area contributed by atoms with Crippen LogP contribution in [0.25, 0.3) is 0 Å². The summed E-state index contributed by atoms with van der Waals surface area (Å²) in [5.74, 6) is 0.397. The van der Waals surface area contributed by atoms with Gasteiger partial charge >= 0.3 is 0 Å². The third-order valence-corrected chi connectivity index (χ3v) is 2.99. The van der Waals surface area contributed by atoms with Crippen molar-refractivity contribution in [1.29, 1.82) is 0 Å². The fourth-order valence-electron chi connectivity index (χ4n) is 1.93. The Balaban J connectivity index is 1.99. The number of aliphatic hydroxyl groups excluding tert-OH is 1. The summed E-state index contributed by atoms with van der Waals surface area (Å²) in [5.41, 5.74) is 1.23. The number of ether oxygens (including phenoxy) is 1. The van der Waals surface area contributed by atoms with E-state index in [0.29, 0.717) is 16.9 Å². The van der Waals surface area contributed by atoms with Crippen molar-refractivity contribution in [1.82, 2.24) is 5.32 Å². The fraction of sp³-hybridized carbons (Fsp3) is 0.188. The first kappa shape index (κ1) is 14.1. The fourth-order valence-corrected chi connectivity index (χ4v) is 1.93. The van der Waals surface area contributed by atoms with Crippen molar-refractivity contribution in [3.63, 3.8) is 0 Å². The number of rotatable bonds is 5. The molecule has 0 fully saturated rings. The minimum Gasteiger partial charge on any atom is -0.496 e. The van der Waals surface area contributed by atoms with Gasteiger partial charge in [-0.1, -0.05) is 36.4 Å². The molecule has 4 heteroatoms. The quantitative estimate of drug-likeness (QED) is 0.876. The number of para-hydroxylation sites is 1. The lowest BCUT2D eigenvalue weighted by Gasteiger charge is -2.15. The lowest BCUT2D eigenvalue weighted by atomic mass is 10.1. The van der Waals surface area contributed by atoms with Crippen LogP contribution in [0.2, 0.25) is 0 Å². The second kappa shape index (κ2) is 6.73. The number of nitrogens with one attached hydrogen (secondary N) is 1. The number of carbonyl (C=O) groups excluding carboxylic acids is 1. The molecule has 2 rings (SSSR count). The van der Waals surface area contributed by atoms with Crippen LogP contribution in [-0.2, 0) is 0 Å². The highest BCUT2D eigenvalue weighted by Crippen LogP contribution is 2.24. The van der Waals surface area contributed by atoms with Crippen molar-refractivity contribution in [2.45, 2.75) is 6.10 Å². The molecular formula is C16H17NO3. The molecular weight excluding hydrogens is 254 g/mol. The number of carbonyl (C=O) groups is 1. The largest absolute Gasteiger partial charge is 0.496 e. The summed E-state index contributed by atoms with van der Waals surface area (Å²) >= 11 is 0. The second-order valence-corrected chi connectivity index (χ2v) is 4.33. The number of benzene rings is 2. The van der Waals surface area contributed by atoms with Gasteiger partial charge in [0.1, 0.15) is 5.75 Å². The summed E-state index contributed by atoms with van der Waals surface area (Å²) < 4.78 is 5.19. The van der Waals surface area contributed by atoms with Gasteiger partial charge in [0.15, 0.2) is 0 Å². The van der Waals surface area contributed by atoms with Crippen LogP contribution in [0.3, 0.4) is 0 Å². The smallest absolute Gasteiger partial charge is 0.251 e. The van der Waals surface area contributed by atoms with Crippen molar-refractivity contribution >= 4 is 5.91 Å². The van der Waals surface area contributed by atoms with Crippen molar-refractivity contribution < 1.29 is 14.6 Å². The van der Waals surface area contributed by atoms with E-state index in [2.05, 4.69) is 5.32 Å². The van der Waals surface area contributed by atoms with Crippen LogP contribution >= 0.6 is 0 Å². The molecule has 2 aromatic rings. The number of amides is 1. The maximum Gasteiger partial charge on any atom is 0.251 e. The Kier molecular flexibility index (Phi) is 4.74. The maximum absolute atomic E-state index is 11.9. The van der Waals surface area contributed by atoms with Gasteiger partial charge < -0.3 is 15.2 Å². The third kappa shape index (κ3) is 3.36. The van der Waals surface area contributed by atoms with Gasteiger partial charge in [-0.2, -0.15) is 0 Å². The van der Waals surface area contributed by atoms with Crippen molar-refractivity contribution in [3.8, 4) is 5.75 Å². The van der Waals surface area contributed by atoms with E-state index < -0.39 is 6.10 Å². The SMILES string of the molecule is COc1ccccc1[C@H](O)CNC(=O)c1ccccc1. The molecule has 104 valence electrons. The van der Waals surface area contributed by atoms with Gasteiger partial charge in [-0.05, 0) is 18.2 Å². The predicted octanol–water partition coefficient (Wildman–Crippen LogP) is 2.16. The van der Waals surface area contributed by atoms with E-state index in [4.69, 9.17) is 4.74 Å². The molecule has 1 atom stereocenters. The number of hydrogen-bond donors (Lipinski definition) is 2. The molecule has 0 aromatic heterocycles. The first-order chi connectivity index (χ1) is 9.72. The Morgan fingerprint density at radius 3 is 2.50 bits per heavy atom. The zero-order chi connectivity index (χ0) is 14.4. The summed E-state index contributed by atoms with van der Waals surface area (Å²) in [4.78, 5) is 11.9. The average molecular weight is 271 g/mol. The topological polar surface area (TPSA) is 58.6 Å². The highest BCUT2D eigenvalue weighted by atomic mass is 16.5. The maximum atomic E-state index is 11.9. The zero-order valence-electron chi connectivity index (χ0n) is 11.2. The minimum absolute atomic E-state index is 0.133. The summed E-state index contributed by atoms with van der Waals surface area (Å²) in [5, 5.41) is 12.8. The first-order valence-corrected chi connectivity index (χ1v) is 6.36. The predicted molar refractivity (Wildman–Crippen MR) is 76.7 cm³/mol. The van der Waals surface area contributed by atoms with Crippen LogP contribution in [0, 0.1) is 0 Å². The first-order valence-electron chi connectivity index (χ1n) is 6.36.